The number of aliphatic hydroxyl groups is 1. The molecule has 1 N–H and O–H groups in total. The first-order valence-corrected chi connectivity index (χ1v) is 5.33. The molecule has 0 aromatic rings. The minimum Gasteiger partial charge on any atom is -0.386 e. The van der Waals surface area contributed by atoms with Crippen molar-refractivity contribution in [2.24, 2.45) is 0 Å². The van der Waals surface area contributed by atoms with Crippen LogP contribution in [0.4, 0.5) is 0 Å². The predicted octanol–water partition coefficient (Wildman–Crippen LogP) is 3.20. The zero-order valence-corrected chi connectivity index (χ0v) is 8.50. The summed E-state index contributed by atoms with van der Waals surface area (Å²) in [6.45, 7) is 2.11. The van der Waals surface area contributed by atoms with Gasteiger partial charge in [-0.2, -0.15) is 0 Å². The van der Waals surface area contributed by atoms with Gasteiger partial charge in [-0.25, -0.2) is 0 Å². The van der Waals surface area contributed by atoms with E-state index in [0.29, 0.717) is 0 Å². The molecule has 1 rings (SSSR count). The molecular formula is C12H20O. The van der Waals surface area contributed by atoms with Crippen molar-refractivity contribution in [3.63, 3.8) is 0 Å². The lowest BCUT2D eigenvalue weighted by Crippen LogP contribution is -2.28. The van der Waals surface area contributed by atoms with Crippen molar-refractivity contribution in [2.45, 2.75) is 51.0 Å². The Balaban J connectivity index is 2.40. The van der Waals surface area contributed by atoms with Gasteiger partial charge in [-0.3, -0.25) is 0 Å². The van der Waals surface area contributed by atoms with E-state index in [4.69, 9.17) is 0 Å². The lowest BCUT2D eigenvalue weighted by molar-refractivity contribution is 0.0513. The molecule has 0 aromatic heterocycles. The zero-order chi connectivity index (χ0) is 9.57. The van der Waals surface area contributed by atoms with Crippen molar-refractivity contribution < 1.29 is 5.11 Å². The molecule has 1 nitrogen and oxygen atoms in total. The first-order chi connectivity index (χ1) is 6.27. The third-order valence-corrected chi connectivity index (χ3v) is 2.61. The summed E-state index contributed by atoms with van der Waals surface area (Å²) in [5, 5.41) is 10.0. The van der Waals surface area contributed by atoms with E-state index in [1.54, 1.807) is 0 Å². The number of hydrogen-bond donors (Lipinski definition) is 1. The van der Waals surface area contributed by atoms with Crippen LogP contribution >= 0.6 is 0 Å². The highest BCUT2D eigenvalue weighted by molar-refractivity contribution is 5.10. The van der Waals surface area contributed by atoms with Crippen LogP contribution in [0.5, 0.6) is 0 Å². The molecule has 0 atom stereocenters. The Morgan fingerprint density at radius 1 is 1.15 bits per heavy atom. The first-order valence-electron chi connectivity index (χ1n) is 5.33. The minimum absolute atomic E-state index is 0.504. The molecule has 1 heteroatoms. The highest BCUT2D eigenvalue weighted by Crippen LogP contribution is 2.28. The largest absolute Gasteiger partial charge is 0.386 e. The number of hydrogen-bond acceptors (Lipinski definition) is 1. The topological polar surface area (TPSA) is 20.2 Å². The Morgan fingerprint density at radius 2 is 1.85 bits per heavy atom. The standard InChI is InChI=1S/C12H20O/c1-2-3-4-6-9-12(13)10-7-5-8-11-12/h3-4,6,9,13H,2,5,7-8,10-11H2,1H3/b4-3-,9-6+. The van der Waals surface area contributed by atoms with Gasteiger partial charge in [0.05, 0.1) is 5.60 Å². The summed E-state index contributed by atoms with van der Waals surface area (Å²) in [6.07, 6.45) is 14.6. The van der Waals surface area contributed by atoms with E-state index >= 15 is 0 Å². The van der Waals surface area contributed by atoms with E-state index in [1.165, 1.54) is 19.3 Å². The Labute approximate surface area is 81.2 Å². The summed E-state index contributed by atoms with van der Waals surface area (Å²) in [4.78, 5) is 0. The molecule has 0 saturated heterocycles. The fourth-order valence-corrected chi connectivity index (χ4v) is 1.78. The molecular weight excluding hydrogens is 160 g/mol. The lowest BCUT2D eigenvalue weighted by Gasteiger charge is -2.28. The van der Waals surface area contributed by atoms with Gasteiger partial charge >= 0.3 is 0 Å². The molecule has 0 aliphatic heterocycles. The molecule has 0 radical (unpaired) electrons. The van der Waals surface area contributed by atoms with Gasteiger partial charge < -0.3 is 5.11 Å². The smallest absolute Gasteiger partial charge is 0.0830 e. The van der Waals surface area contributed by atoms with Gasteiger partial charge in [0.15, 0.2) is 0 Å². The monoisotopic (exact) mass is 180 g/mol. The van der Waals surface area contributed by atoms with Gasteiger partial charge in [-0.1, -0.05) is 50.5 Å². The fourth-order valence-electron chi connectivity index (χ4n) is 1.78. The van der Waals surface area contributed by atoms with Crippen LogP contribution in [-0.4, -0.2) is 10.7 Å². The summed E-state index contributed by atoms with van der Waals surface area (Å²) in [7, 11) is 0. The van der Waals surface area contributed by atoms with E-state index in [9.17, 15) is 5.11 Å². The van der Waals surface area contributed by atoms with E-state index in [0.717, 1.165) is 19.3 Å². The van der Waals surface area contributed by atoms with Gasteiger partial charge in [0.25, 0.3) is 0 Å². The number of allylic oxidation sites excluding steroid dienone is 3. The number of rotatable bonds is 3. The van der Waals surface area contributed by atoms with Crippen molar-refractivity contribution in [2.75, 3.05) is 0 Å². The molecule has 0 unspecified atom stereocenters. The van der Waals surface area contributed by atoms with Gasteiger partial charge in [0.2, 0.25) is 0 Å². The predicted molar refractivity (Wildman–Crippen MR) is 56.6 cm³/mol. The van der Waals surface area contributed by atoms with Crippen LogP contribution in [0.25, 0.3) is 0 Å². The van der Waals surface area contributed by atoms with Gasteiger partial charge in [0, 0.05) is 0 Å². The quantitative estimate of drug-likeness (QED) is 0.661. The van der Waals surface area contributed by atoms with Crippen molar-refractivity contribution in [3.05, 3.63) is 24.3 Å². The van der Waals surface area contributed by atoms with E-state index in [2.05, 4.69) is 13.0 Å². The average Bonchev–Trinajstić information content (AvgIpc) is 2.14. The van der Waals surface area contributed by atoms with E-state index in [-0.39, 0.29) is 0 Å². The molecule has 1 saturated carbocycles. The Morgan fingerprint density at radius 3 is 2.46 bits per heavy atom. The second-order valence-electron chi connectivity index (χ2n) is 3.86. The van der Waals surface area contributed by atoms with E-state index in [1.807, 2.05) is 18.2 Å². The lowest BCUT2D eigenvalue weighted by atomic mass is 9.85. The third kappa shape index (κ3) is 3.77. The highest BCUT2D eigenvalue weighted by atomic mass is 16.3. The van der Waals surface area contributed by atoms with E-state index < -0.39 is 5.60 Å². The summed E-state index contributed by atoms with van der Waals surface area (Å²) in [5.41, 5.74) is -0.504. The molecule has 0 aromatic carbocycles. The Bertz CT molecular complexity index is 185. The van der Waals surface area contributed by atoms with Crippen molar-refractivity contribution >= 4 is 0 Å². The van der Waals surface area contributed by atoms with Gasteiger partial charge in [-0.05, 0) is 19.3 Å². The zero-order valence-electron chi connectivity index (χ0n) is 8.50. The van der Waals surface area contributed by atoms with Crippen LogP contribution in [0.15, 0.2) is 24.3 Å². The first kappa shape index (κ1) is 10.5. The highest BCUT2D eigenvalue weighted by Gasteiger charge is 2.25. The van der Waals surface area contributed by atoms with Crippen molar-refractivity contribution in [1.29, 1.82) is 0 Å². The minimum atomic E-state index is -0.504. The summed E-state index contributed by atoms with van der Waals surface area (Å²) >= 11 is 0. The van der Waals surface area contributed by atoms with Crippen LogP contribution in [-0.2, 0) is 0 Å². The fraction of sp³-hybridized carbons (Fsp3) is 0.667. The molecule has 1 aliphatic rings. The maximum Gasteiger partial charge on any atom is 0.0830 e. The van der Waals surface area contributed by atoms with Crippen LogP contribution in [0, 0.1) is 0 Å². The van der Waals surface area contributed by atoms with Crippen molar-refractivity contribution in [1.82, 2.24) is 0 Å². The van der Waals surface area contributed by atoms with Crippen molar-refractivity contribution in [3.8, 4) is 0 Å². The summed E-state index contributed by atoms with van der Waals surface area (Å²) < 4.78 is 0. The third-order valence-electron chi connectivity index (χ3n) is 2.61. The van der Waals surface area contributed by atoms with Crippen LogP contribution < -0.4 is 0 Å². The molecule has 0 amide bonds. The molecule has 13 heavy (non-hydrogen) atoms. The molecule has 0 bridgehead atoms. The molecule has 0 spiro atoms. The molecule has 74 valence electrons. The molecule has 0 heterocycles. The molecule has 1 aliphatic carbocycles. The maximum absolute atomic E-state index is 10.0. The Hall–Kier alpha value is -0.560. The second-order valence-corrected chi connectivity index (χ2v) is 3.86. The van der Waals surface area contributed by atoms with Crippen LogP contribution in [0.2, 0.25) is 0 Å². The second kappa shape index (κ2) is 5.23. The Kier molecular flexibility index (Phi) is 4.23. The van der Waals surface area contributed by atoms with Crippen LogP contribution in [0.1, 0.15) is 45.4 Å². The average molecular weight is 180 g/mol. The normalized spacial score (nSPS) is 22.9. The summed E-state index contributed by atoms with van der Waals surface area (Å²) in [5.74, 6) is 0. The van der Waals surface area contributed by atoms with Gasteiger partial charge in [0.1, 0.15) is 0 Å². The van der Waals surface area contributed by atoms with Crippen LogP contribution in [0.3, 0.4) is 0 Å². The SMILES string of the molecule is CC/C=C\C=C\C1(O)CCCCC1. The molecule has 1 fully saturated rings. The van der Waals surface area contributed by atoms with Gasteiger partial charge in [-0.15, -0.1) is 0 Å². The maximum atomic E-state index is 10.0. The summed E-state index contributed by atoms with van der Waals surface area (Å²) in [6, 6.07) is 0.